The van der Waals surface area contributed by atoms with E-state index in [-0.39, 0.29) is 0 Å². The van der Waals surface area contributed by atoms with Crippen molar-refractivity contribution in [3.8, 4) is 5.75 Å². The van der Waals surface area contributed by atoms with E-state index < -0.39 is 0 Å². The number of nitrogens with one attached hydrogen (secondary N) is 1. The average Bonchev–Trinajstić information content (AvgIpc) is 2.82. The number of aromatic amines is 1. The molecule has 2 rings (SSSR count). The third-order valence-corrected chi connectivity index (χ3v) is 4.17. The number of fused-ring (bicyclic) bond motifs is 1. The summed E-state index contributed by atoms with van der Waals surface area (Å²) in [5.41, 5.74) is 2.11. The number of hydrogen-bond acceptors (Lipinski definition) is 3. The van der Waals surface area contributed by atoms with Crippen LogP contribution in [-0.4, -0.2) is 40.7 Å². The Morgan fingerprint density at radius 3 is 2.62 bits per heavy atom. The van der Waals surface area contributed by atoms with Gasteiger partial charge in [0.1, 0.15) is 11.3 Å². The number of aromatic nitrogens is 2. The van der Waals surface area contributed by atoms with Gasteiger partial charge in [0.2, 0.25) is 0 Å². The van der Waals surface area contributed by atoms with E-state index >= 15 is 0 Å². The molecular weight excluding hydrogens is 282 g/mol. The summed E-state index contributed by atoms with van der Waals surface area (Å²) >= 11 is 5.53. The zero-order chi connectivity index (χ0) is 15.4. The van der Waals surface area contributed by atoms with Gasteiger partial charge in [-0.15, -0.1) is 0 Å². The van der Waals surface area contributed by atoms with Crippen LogP contribution in [-0.2, 0) is 0 Å². The average molecular weight is 307 g/mol. The maximum atomic E-state index is 5.69. The Morgan fingerprint density at radius 2 is 2.00 bits per heavy atom. The number of benzene rings is 1. The SMILES string of the molecule is CCOc1cccc2c1[nH]c(=S)n2C(C)CN(CC)CC. The smallest absolute Gasteiger partial charge is 0.178 e. The van der Waals surface area contributed by atoms with Gasteiger partial charge < -0.3 is 19.2 Å². The Kier molecular flexibility index (Phi) is 5.42. The molecule has 1 aromatic heterocycles. The molecule has 4 nitrogen and oxygen atoms in total. The molecule has 0 amide bonds. The van der Waals surface area contributed by atoms with Gasteiger partial charge in [-0.25, -0.2) is 0 Å². The minimum absolute atomic E-state index is 0.322. The summed E-state index contributed by atoms with van der Waals surface area (Å²) in [7, 11) is 0. The second-order valence-electron chi connectivity index (χ2n) is 5.22. The van der Waals surface area contributed by atoms with Gasteiger partial charge in [-0.3, -0.25) is 0 Å². The van der Waals surface area contributed by atoms with Crippen LogP contribution in [0.15, 0.2) is 18.2 Å². The molecule has 21 heavy (non-hydrogen) atoms. The monoisotopic (exact) mass is 307 g/mol. The van der Waals surface area contributed by atoms with Crippen LogP contribution in [0, 0.1) is 4.77 Å². The van der Waals surface area contributed by atoms with Crippen molar-refractivity contribution in [3.05, 3.63) is 23.0 Å². The van der Waals surface area contributed by atoms with Crippen molar-refractivity contribution in [1.29, 1.82) is 0 Å². The fraction of sp³-hybridized carbons (Fsp3) is 0.562. The first kappa shape index (κ1) is 16.0. The predicted octanol–water partition coefficient (Wildman–Crippen LogP) is 4.00. The van der Waals surface area contributed by atoms with Crippen molar-refractivity contribution in [3.63, 3.8) is 0 Å². The summed E-state index contributed by atoms with van der Waals surface area (Å²) < 4.78 is 8.65. The molecule has 5 heteroatoms. The lowest BCUT2D eigenvalue weighted by molar-refractivity contribution is 0.262. The number of para-hydroxylation sites is 1. The molecule has 0 bridgehead atoms. The summed E-state index contributed by atoms with van der Waals surface area (Å²) in [5.74, 6) is 0.870. The van der Waals surface area contributed by atoms with E-state index in [0.29, 0.717) is 12.6 Å². The Hall–Kier alpha value is -1.33. The minimum atomic E-state index is 0.322. The second kappa shape index (κ2) is 7.09. The predicted molar refractivity (Wildman–Crippen MR) is 90.8 cm³/mol. The number of rotatable bonds is 7. The van der Waals surface area contributed by atoms with Crippen LogP contribution >= 0.6 is 12.2 Å². The highest BCUT2D eigenvalue weighted by Gasteiger charge is 2.15. The van der Waals surface area contributed by atoms with Gasteiger partial charge in [0.15, 0.2) is 4.77 Å². The Morgan fingerprint density at radius 1 is 1.29 bits per heavy atom. The number of ether oxygens (including phenoxy) is 1. The Bertz CT molecular complexity index is 642. The lowest BCUT2D eigenvalue weighted by atomic mass is 10.2. The van der Waals surface area contributed by atoms with E-state index in [2.05, 4.69) is 41.3 Å². The topological polar surface area (TPSA) is 33.2 Å². The molecule has 0 aliphatic heterocycles. The first-order chi connectivity index (χ1) is 10.1. The Balaban J connectivity index is 2.42. The molecule has 1 aromatic carbocycles. The molecule has 0 saturated carbocycles. The molecular formula is C16H25N3OS. The van der Waals surface area contributed by atoms with Crippen LogP contribution in [0.2, 0.25) is 0 Å². The number of nitrogens with zero attached hydrogens (tertiary/aromatic N) is 2. The number of imidazole rings is 1. The van der Waals surface area contributed by atoms with Crippen molar-refractivity contribution < 1.29 is 4.74 Å². The van der Waals surface area contributed by atoms with Crippen LogP contribution in [0.4, 0.5) is 0 Å². The fourth-order valence-electron chi connectivity index (χ4n) is 2.77. The van der Waals surface area contributed by atoms with Crippen LogP contribution in [0.3, 0.4) is 0 Å². The molecule has 0 fully saturated rings. The van der Waals surface area contributed by atoms with E-state index in [1.165, 1.54) is 0 Å². The molecule has 1 atom stereocenters. The van der Waals surface area contributed by atoms with Gasteiger partial charge in [-0.1, -0.05) is 19.9 Å². The van der Waals surface area contributed by atoms with Crippen molar-refractivity contribution in [2.75, 3.05) is 26.2 Å². The highest BCUT2D eigenvalue weighted by atomic mass is 32.1. The first-order valence-electron chi connectivity index (χ1n) is 7.70. The van der Waals surface area contributed by atoms with Crippen molar-refractivity contribution in [2.45, 2.75) is 33.7 Å². The maximum absolute atomic E-state index is 5.69. The summed E-state index contributed by atoms with van der Waals surface area (Å²) in [6.07, 6.45) is 0. The van der Waals surface area contributed by atoms with Gasteiger partial charge in [-0.2, -0.15) is 0 Å². The normalized spacial score (nSPS) is 13.0. The first-order valence-corrected chi connectivity index (χ1v) is 8.11. The maximum Gasteiger partial charge on any atom is 0.178 e. The summed E-state index contributed by atoms with van der Waals surface area (Å²) in [6.45, 7) is 12.4. The van der Waals surface area contributed by atoms with Crippen molar-refractivity contribution >= 4 is 23.3 Å². The van der Waals surface area contributed by atoms with E-state index in [9.17, 15) is 0 Å². The van der Waals surface area contributed by atoms with E-state index in [4.69, 9.17) is 17.0 Å². The summed E-state index contributed by atoms with van der Waals surface area (Å²) in [5, 5.41) is 0. The summed E-state index contributed by atoms with van der Waals surface area (Å²) in [4.78, 5) is 5.72. The largest absolute Gasteiger partial charge is 0.492 e. The van der Waals surface area contributed by atoms with Gasteiger partial charge in [0.25, 0.3) is 0 Å². The van der Waals surface area contributed by atoms with E-state index in [1.807, 2.05) is 19.1 Å². The van der Waals surface area contributed by atoms with Crippen LogP contribution in [0.25, 0.3) is 11.0 Å². The zero-order valence-electron chi connectivity index (χ0n) is 13.3. The highest BCUT2D eigenvalue weighted by Crippen LogP contribution is 2.27. The molecule has 1 N–H and O–H groups in total. The second-order valence-corrected chi connectivity index (χ2v) is 5.61. The van der Waals surface area contributed by atoms with Crippen LogP contribution in [0.5, 0.6) is 5.75 Å². The lowest BCUT2D eigenvalue weighted by Crippen LogP contribution is -2.29. The van der Waals surface area contributed by atoms with Crippen LogP contribution < -0.4 is 4.74 Å². The molecule has 116 valence electrons. The van der Waals surface area contributed by atoms with E-state index in [1.54, 1.807) is 0 Å². The molecule has 0 saturated heterocycles. The Labute approximate surface area is 131 Å². The van der Waals surface area contributed by atoms with Gasteiger partial charge in [-0.05, 0) is 51.3 Å². The van der Waals surface area contributed by atoms with Crippen molar-refractivity contribution in [1.82, 2.24) is 14.5 Å². The number of hydrogen-bond donors (Lipinski definition) is 1. The highest BCUT2D eigenvalue weighted by molar-refractivity contribution is 7.71. The zero-order valence-corrected chi connectivity index (χ0v) is 14.2. The summed E-state index contributed by atoms with van der Waals surface area (Å²) in [6, 6.07) is 6.43. The molecule has 2 aromatic rings. The molecule has 1 unspecified atom stereocenters. The van der Waals surface area contributed by atoms with E-state index in [0.717, 1.165) is 41.2 Å². The third-order valence-electron chi connectivity index (χ3n) is 3.87. The molecule has 0 aliphatic carbocycles. The van der Waals surface area contributed by atoms with Crippen LogP contribution in [0.1, 0.15) is 33.7 Å². The number of H-pyrrole nitrogens is 1. The fourth-order valence-corrected chi connectivity index (χ4v) is 3.15. The standard InChI is InChI=1S/C16H25N3OS/c1-5-18(6-2)11-12(4)19-13-9-8-10-14(20-7-3)15(13)17-16(19)21/h8-10,12H,5-7,11H2,1-4H3,(H,17,21). The van der Waals surface area contributed by atoms with Gasteiger partial charge in [0.05, 0.1) is 12.1 Å². The van der Waals surface area contributed by atoms with Crippen molar-refractivity contribution in [2.24, 2.45) is 0 Å². The van der Waals surface area contributed by atoms with Gasteiger partial charge in [0, 0.05) is 12.6 Å². The molecule has 1 heterocycles. The molecule has 0 spiro atoms. The lowest BCUT2D eigenvalue weighted by Gasteiger charge is -2.24. The third kappa shape index (κ3) is 3.30. The minimum Gasteiger partial charge on any atom is -0.492 e. The quantitative estimate of drug-likeness (QED) is 0.785. The number of likely N-dealkylation sites (N-methyl/N-ethyl adjacent to an activating group) is 1. The van der Waals surface area contributed by atoms with Gasteiger partial charge >= 0.3 is 0 Å². The molecule has 0 radical (unpaired) electrons. The molecule has 0 aliphatic rings.